The molecule has 0 spiro atoms. The summed E-state index contributed by atoms with van der Waals surface area (Å²) in [6.07, 6.45) is 2.46. The lowest BCUT2D eigenvalue weighted by atomic mass is 10.1. The Kier molecular flexibility index (Phi) is 6.90. The van der Waals surface area contributed by atoms with Crippen LogP contribution in [0, 0.1) is 0 Å². The molecule has 0 radical (unpaired) electrons. The second-order valence-corrected chi connectivity index (χ2v) is 10.1. The zero-order chi connectivity index (χ0) is 23.5. The van der Waals surface area contributed by atoms with E-state index in [0.29, 0.717) is 29.2 Å². The third-order valence-electron chi connectivity index (χ3n) is 6.29. The first-order chi connectivity index (χ1) is 16.6. The van der Waals surface area contributed by atoms with Crippen LogP contribution in [-0.2, 0) is 6.54 Å². The number of benzene rings is 3. The van der Waals surface area contributed by atoms with Gasteiger partial charge in [-0.3, -0.25) is 9.59 Å². The largest absolute Gasteiger partial charge is 0.351 e. The Morgan fingerprint density at radius 2 is 1.74 bits per heavy atom. The van der Waals surface area contributed by atoms with E-state index in [4.69, 9.17) is 11.6 Å². The van der Waals surface area contributed by atoms with Crippen molar-refractivity contribution in [1.82, 2.24) is 10.2 Å². The first-order valence-corrected chi connectivity index (χ1v) is 12.8. The molecule has 2 heterocycles. The number of likely N-dealkylation sites (tertiary alicyclic amines) is 1. The highest BCUT2D eigenvalue weighted by atomic mass is 35.5. The van der Waals surface area contributed by atoms with E-state index >= 15 is 0 Å². The van der Waals surface area contributed by atoms with E-state index in [1.54, 1.807) is 16.7 Å². The smallest absolute Gasteiger partial charge is 0.259 e. The van der Waals surface area contributed by atoms with E-state index in [2.05, 4.69) is 10.2 Å². The highest BCUT2D eigenvalue weighted by Gasteiger charge is 2.28. The summed E-state index contributed by atoms with van der Waals surface area (Å²) in [6, 6.07) is 20.8. The number of nitrogens with zero attached hydrogens (tertiary/aromatic N) is 2. The Bertz CT molecular complexity index is 1230. The molecule has 1 fully saturated rings. The number of anilines is 1. The van der Waals surface area contributed by atoms with Crippen LogP contribution in [0.25, 0.3) is 0 Å². The van der Waals surface area contributed by atoms with Crippen molar-refractivity contribution in [3.05, 3.63) is 88.4 Å². The minimum absolute atomic E-state index is 0.103. The van der Waals surface area contributed by atoms with Crippen molar-refractivity contribution in [1.29, 1.82) is 0 Å². The topological polar surface area (TPSA) is 52.7 Å². The van der Waals surface area contributed by atoms with Gasteiger partial charge in [0.2, 0.25) is 0 Å². The van der Waals surface area contributed by atoms with Crippen LogP contribution in [-0.4, -0.2) is 42.9 Å². The molecule has 0 aromatic heterocycles. The van der Waals surface area contributed by atoms with Gasteiger partial charge in [-0.25, -0.2) is 0 Å². The molecule has 0 saturated carbocycles. The van der Waals surface area contributed by atoms with Crippen molar-refractivity contribution in [2.75, 3.05) is 31.1 Å². The lowest BCUT2D eigenvalue weighted by Gasteiger charge is -2.24. The molecule has 0 atom stereocenters. The molecule has 3 aromatic rings. The average molecular weight is 492 g/mol. The standard InChI is InChI=1S/C27H26ClN3O2S/c28-22-9-3-1-7-20(22)18-31-23-17-19(26(32)29-13-16-30-14-5-6-15-30)11-12-25(23)34-24-10-4-2-8-21(24)27(31)33/h1-4,7-12,17H,5-6,13-16,18H2,(H,29,32). The van der Waals surface area contributed by atoms with Crippen LogP contribution in [0.15, 0.2) is 76.5 Å². The first-order valence-electron chi connectivity index (χ1n) is 11.6. The van der Waals surface area contributed by atoms with Crippen LogP contribution in [0.2, 0.25) is 5.02 Å². The van der Waals surface area contributed by atoms with Gasteiger partial charge in [0.25, 0.3) is 11.8 Å². The number of halogens is 1. The van der Waals surface area contributed by atoms with E-state index < -0.39 is 0 Å². The van der Waals surface area contributed by atoms with Crippen LogP contribution in [0.3, 0.4) is 0 Å². The summed E-state index contributed by atoms with van der Waals surface area (Å²) in [5, 5.41) is 3.65. The predicted octanol–water partition coefficient (Wildman–Crippen LogP) is 5.48. The Hall–Kier alpha value is -2.80. The van der Waals surface area contributed by atoms with Gasteiger partial charge in [-0.1, -0.05) is 53.7 Å². The van der Waals surface area contributed by atoms with Gasteiger partial charge >= 0.3 is 0 Å². The van der Waals surface area contributed by atoms with E-state index in [9.17, 15) is 9.59 Å². The molecule has 0 unspecified atom stereocenters. The zero-order valence-electron chi connectivity index (χ0n) is 18.8. The number of hydrogen-bond acceptors (Lipinski definition) is 4. The lowest BCUT2D eigenvalue weighted by Crippen LogP contribution is -2.34. The van der Waals surface area contributed by atoms with Gasteiger partial charge in [0.1, 0.15) is 0 Å². The van der Waals surface area contributed by atoms with Gasteiger partial charge in [0.05, 0.1) is 17.8 Å². The van der Waals surface area contributed by atoms with Crippen LogP contribution in [0.5, 0.6) is 0 Å². The first kappa shape index (κ1) is 23.0. The summed E-state index contributed by atoms with van der Waals surface area (Å²) in [4.78, 5) is 32.6. The quantitative estimate of drug-likeness (QED) is 0.496. The summed E-state index contributed by atoms with van der Waals surface area (Å²) >= 11 is 7.99. The number of fused-ring (bicyclic) bond motifs is 2. The van der Waals surface area contributed by atoms with Crippen molar-refractivity contribution in [2.24, 2.45) is 0 Å². The van der Waals surface area contributed by atoms with Crippen molar-refractivity contribution >= 4 is 40.9 Å². The fourth-order valence-corrected chi connectivity index (χ4v) is 5.71. The Morgan fingerprint density at radius 1 is 0.971 bits per heavy atom. The number of hydrogen-bond donors (Lipinski definition) is 1. The summed E-state index contributed by atoms with van der Waals surface area (Å²) in [5.41, 5.74) is 2.77. The number of nitrogens with one attached hydrogen (secondary N) is 1. The van der Waals surface area contributed by atoms with Gasteiger partial charge in [-0.2, -0.15) is 0 Å². The molecule has 5 rings (SSSR count). The molecule has 1 N–H and O–H groups in total. The Labute approximate surface area is 209 Å². The summed E-state index contributed by atoms with van der Waals surface area (Å²) < 4.78 is 0. The minimum atomic E-state index is -0.126. The minimum Gasteiger partial charge on any atom is -0.351 e. The molecule has 2 aliphatic rings. The third-order valence-corrected chi connectivity index (χ3v) is 7.80. The molecule has 7 heteroatoms. The van der Waals surface area contributed by atoms with Crippen LogP contribution in [0.4, 0.5) is 5.69 Å². The van der Waals surface area contributed by atoms with Gasteiger partial charge in [-0.05, 0) is 67.9 Å². The maximum atomic E-state index is 13.7. The molecular formula is C27H26ClN3O2S. The molecule has 3 aromatic carbocycles. The summed E-state index contributed by atoms with van der Waals surface area (Å²) in [5.74, 6) is -0.229. The normalized spacial score (nSPS) is 15.6. The van der Waals surface area contributed by atoms with Crippen molar-refractivity contribution in [2.45, 2.75) is 29.2 Å². The highest BCUT2D eigenvalue weighted by molar-refractivity contribution is 7.99. The van der Waals surface area contributed by atoms with Crippen molar-refractivity contribution < 1.29 is 9.59 Å². The molecule has 0 bridgehead atoms. The van der Waals surface area contributed by atoms with Gasteiger partial charge in [0.15, 0.2) is 0 Å². The maximum Gasteiger partial charge on any atom is 0.259 e. The fourth-order valence-electron chi connectivity index (χ4n) is 4.45. The van der Waals surface area contributed by atoms with E-state index in [1.165, 1.54) is 12.8 Å². The number of amides is 2. The van der Waals surface area contributed by atoms with E-state index in [-0.39, 0.29) is 11.8 Å². The summed E-state index contributed by atoms with van der Waals surface area (Å²) in [6.45, 7) is 4.00. The Morgan fingerprint density at radius 3 is 2.56 bits per heavy atom. The molecule has 1 saturated heterocycles. The van der Waals surface area contributed by atoms with Crippen LogP contribution >= 0.6 is 23.4 Å². The van der Waals surface area contributed by atoms with E-state index in [1.807, 2.05) is 66.7 Å². The molecule has 34 heavy (non-hydrogen) atoms. The zero-order valence-corrected chi connectivity index (χ0v) is 20.4. The van der Waals surface area contributed by atoms with E-state index in [0.717, 1.165) is 40.7 Å². The predicted molar refractivity (Wildman–Crippen MR) is 137 cm³/mol. The molecule has 2 amide bonds. The average Bonchev–Trinajstić information content (AvgIpc) is 3.34. The molecule has 2 aliphatic heterocycles. The molecule has 5 nitrogen and oxygen atoms in total. The Balaban J connectivity index is 1.45. The number of carbonyl (C=O) groups excluding carboxylic acids is 2. The molecule has 0 aliphatic carbocycles. The van der Waals surface area contributed by atoms with Gasteiger partial charge in [-0.15, -0.1) is 0 Å². The highest BCUT2D eigenvalue weighted by Crippen LogP contribution is 2.42. The number of carbonyl (C=O) groups is 2. The van der Waals surface area contributed by atoms with Gasteiger partial charge < -0.3 is 15.1 Å². The van der Waals surface area contributed by atoms with Gasteiger partial charge in [0, 0.05) is 33.5 Å². The monoisotopic (exact) mass is 491 g/mol. The maximum absolute atomic E-state index is 13.7. The lowest BCUT2D eigenvalue weighted by molar-refractivity contribution is 0.0946. The van der Waals surface area contributed by atoms with Crippen LogP contribution < -0.4 is 10.2 Å². The van der Waals surface area contributed by atoms with Crippen molar-refractivity contribution in [3.63, 3.8) is 0 Å². The molecular weight excluding hydrogens is 466 g/mol. The SMILES string of the molecule is O=C(NCCN1CCCC1)c1ccc2c(c1)N(Cc1ccccc1Cl)C(=O)c1ccccc1S2. The van der Waals surface area contributed by atoms with Crippen molar-refractivity contribution in [3.8, 4) is 0 Å². The third kappa shape index (κ3) is 4.85. The number of rotatable bonds is 6. The summed E-state index contributed by atoms with van der Waals surface area (Å²) in [7, 11) is 0. The molecule has 174 valence electrons. The van der Waals surface area contributed by atoms with Crippen LogP contribution in [0.1, 0.15) is 39.1 Å². The second kappa shape index (κ2) is 10.2. The second-order valence-electron chi connectivity index (χ2n) is 8.57. The fraction of sp³-hybridized carbons (Fsp3) is 0.259.